The minimum absolute atomic E-state index is 0.0118. The molecule has 0 fully saturated rings. The minimum atomic E-state index is -3.92. The molecule has 0 bridgehead atoms. The van der Waals surface area contributed by atoms with E-state index in [2.05, 4.69) is 0 Å². The number of Topliss-reactive ketones (excluding diaryl/α,β-unsaturated/α-hetero) is 1. The summed E-state index contributed by atoms with van der Waals surface area (Å²) in [7, 11) is -3.92. The molecule has 3 rings (SSSR count). The van der Waals surface area contributed by atoms with E-state index >= 15 is 0 Å². The molecule has 2 aromatic rings. The van der Waals surface area contributed by atoms with E-state index < -0.39 is 16.0 Å². The molecule has 28 heavy (non-hydrogen) atoms. The highest BCUT2D eigenvalue weighted by atomic mass is 32.2. The first-order valence-corrected chi connectivity index (χ1v) is 10.5. The molecule has 0 saturated heterocycles. The van der Waals surface area contributed by atoms with Crippen LogP contribution in [-0.4, -0.2) is 29.8 Å². The second-order valence-corrected chi connectivity index (χ2v) is 9.67. The molecule has 3 N–H and O–H groups in total. The molecule has 8 heteroatoms. The number of aliphatic carboxylic acids is 1. The fraction of sp³-hybridized carbons (Fsp3) is 0.400. The molecule has 1 heterocycles. The Hall–Kier alpha value is -2.45. The zero-order chi connectivity index (χ0) is 20.9. The van der Waals surface area contributed by atoms with Gasteiger partial charge in [-0.1, -0.05) is 32.0 Å². The van der Waals surface area contributed by atoms with Crippen LogP contribution >= 0.6 is 0 Å². The number of nitrogens with two attached hydrogens (primary N) is 1. The molecule has 1 aromatic heterocycles. The van der Waals surface area contributed by atoms with Gasteiger partial charge in [0.05, 0.1) is 4.90 Å². The maximum atomic E-state index is 12.9. The van der Waals surface area contributed by atoms with Crippen LogP contribution in [-0.2, 0) is 34.2 Å². The van der Waals surface area contributed by atoms with Crippen LogP contribution in [0.15, 0.2) is 29.2 Å². The van der Waals surface area contributed by atoms with Crippen molar-refractivity contribution in [3.05, 3.63) is 52.3 Å². The average Bonchev–Trinajstić information content (AvgIpc) is 2.78. The first-order valence-electron chi connectivity index (χ1n) is 8.97. The Morgan fingerprint density at radius 1 is 1.25 bits per heavy atom. The molecule has 150 valence electrons. The van der Waals surface area contributed by atoms with Crippen LogP contribution in [0.25, 0.3) is 0 Å². The highest BCUT2D eigenvalue weighted by molar-refractivity contribution is 7.89. The summed E-state index contributed by atoms with van der Waals surface area (Å²) in [5.41, 5.74) is 2.81. The summed E-state index contributed by atoms with van der Waals surface area (Å²) in [6.45, 7) is 5.50. The number of fused-ring (bicyclic) bond motifs is 1. The fourth-order valence-corrected chi connectivity index (χ4v) is 4.86. The number of carbonyl (C=O) groups is 2. The molecule has 0 saturated carbocycles. The number of rotatable bonds is 5. The molecule has 1 aliphatic rings. The van der Waals surface area contributed by atoms with Crippen LogP contribution in [0.3, 0.4) is 0 Å². The van der Waals surface area contributed by atoms with Crippen LogP contribution in [0.1, 0.15) is 53.1 Å². The van der Waals surface area contributed by atoms with E-state index in [1.807, 2.05) is 13.8 Å². The van der Waals surface area contributed by atoms with Crippen molar-refractivity contribution in [3.63, 3.8) is 0 Å². The van der Waals surface area contributed by atoms with E-state index in [0.29, 0.717) is 40.9 Å². The summed E-state index contributed by atoms with van der Waals surface area (Å²) in [6.07, 6.45) is 1.14. The maximum absolute atomic E-state index is 12.9. The summed E-state index contributed by atoms with van der Waals surface area (Å²) in [5, 5.41) is 14.7. The predicted molar refractivity (Wildman–Crippen MR) is 104 cm³/mol. The van der Waals surface area contributed by atoms with Crippen molar-refractivity contribution in [1.82, 2.24) is 4.57 Å². The van der Waals surface area contributed by atoms with Gasteiger partial charge in [0.25, 0.3) is 0 Å². The van der Waals surface area contributed by atoms with Gasteiger partial charge in [-0.05, 0) is 36.0 Å². The number of carboxylic acids is 1. The van der Waals surface area contributed by atoms with Gasteiger partial charge in [0.1, 0.15) is 6.54 Å². The van der Waals surface area contributed by atoms with Crippen LogP contribution in [0.2, 0.25) is 0 Å². The molecule has 1 aromatic carbocycles. The van der Waals surface area contributed by atoms with Gasteiger partial charge in [-0.25, -0.2) is 13.6 Å². The number of aromatic nitrogens is 1. The summed E-state index contributed by atoms with van der Waals surface area (Å²) in [5.74, 6) is -1.03. The van der Waals surface area contributed by atoms with Crippen molar-refractivity contribution < 1.29 is 23.1 Å². The Morgan fingerprint density at radius 2 is 1.89 bits per heavy atom. The topological polar surface area (TPSA) is 119 Å². The van der Waals surface area contributed by atoms with Crippen LogP contribution in [0.4, 0.5) is 0 Å². The molecule has 0 radical (unpaired) electrons. The zero-order valence-electron chi connectivity index (χ0n) is 16.2. The second-order valence-electron chi connectivity index (χ2n) is 8.14. The molecule has 0 atom stereocenters. The number of nitrogens with zero attached hydrogens (tertiary/aromatic N) is 1. The molecule has 0 spiro atoms. The number of primary sulfonamides is 1. The molecule has 1 aliphatic carbocycles. The highest BCUT2D eigenvalue weighted by Crippen LogP contribution is 2.39. The van der Waals surface area contributed by atoms with E-state index in [-0.39, 0.29) is 29.1 Å². The number of hydrogen-bond acceptors (Lipinski definition) is 4. The maximum Gasteiger partial charge on any atom is 0.323 e. The number of benzene rings is 1. The van der Waals surface area contributed by atoms with Crippen molar-refractivity contribution in [2.75, 3.05) is 0 Å². The van der Waals surface area contributed by atoms with Gasteiger partial charge < -0.3 is 9.67 Å². The van der Waals surface area contributed by atoms with Crippen molar-refractivity contribution in [2.24, 2.45) is 10.6 Å². The Morgan fingerprint density at radius 3 is 2.50 bits per heavy atom. The van der Waals surface area contributed by atoms with Crippen molar-refractivity contribution in [2.45, 2.75) is 51.5 Å². The van der Waals surface area contributed by atoms with Crippen molar-refractivity contribution in [3.8, 4) is 0 Å². The first kappa shape index (κ1) is 20.3. The van der Waals surface area contributed by atoms with E-state index in [0.717, 1.165) is 0 Å². The Balaban J connectivity index is 2.20. The number of ketones is 1. The van der Waals surface area contributed by atoms with E-state index in [9.17, 15) is 23.1 Å². The number of hydrogen-bond donors (Lipinski definition) is 2. The average molecular weight is 404 g/mol. The quantitative estimate of drug-likeness (QED) is 0.792. The van der Waals surface area contributed by atoms with Crippen LogP contribution in [0.5, 0.6) is 0 Å². The Labute approximate surface area is 164 Å². The number of carbonyl (C=O) groups excluding carboxylic acids is 1. The number of carboxylic acid groups (broad SMARTS) is 1. The van der Waals surface area contributed by atoms with Crippen LogP contribution < -0.4 is 5.14 Å². The first-order chi connectivity index (χ1) is 12.9. The highest BCUT2D eigenvalue weighted by Gasteiger charge is 2.37. The van der Waals surface area contributed by atoms with E-state index in [1.165, 1.54) is 6.07 Å². The normalized spacial score (nSPS) is 16.1. The smallest absolute Gasteiger partial charge is 0.323 e. The summed E-state index contributed by atoms with van der Waals surface area (Å²) >= 11 is 0. The third-order valence-corrected chi connectivity index (χ3v) is 6.27. The lowest BCUT2D eigenvalue weighted by atomic mass is 9.75. The largest absolute Gasteiger partial charge is 0.480 e. The molecule has 0 aliphatic heterocycles. The third-order valence-electron chi connectivity index (χ3n) is 5.26. The Bertz CT molecular complexity index is 1080. The lowest BCUT2D eigenvalue weighted by molar-refractivity contribution is -0.137. The lowest BCUT2D eigenvalue weighted by Crippen LogP contribution is -2.29. The minimum Gasteiger partial charge on any atom is -0.480 e. The van der Waals surface area contributed by atoms with Gasteiger partial charge >= 0.3 is 5.97 Å². The third kappa shape index (κ3) is 3.74. The van der Waals surface area contributed by atoms with Gasteiger partial charge in [-0.2, -0.15) is 0 Å². The molecular formula is C20H24N2O5S. The standard InChI is InChI=1S/C20H24N2O5S/c1-12-14(8-13-6-4-5-7-17(13)28(21,26)27)19-15(22(12)11-18(24)25)9-20(2,3)10-16(19)23/h4-7H,8-11H2,1-3H3,(H,24,25)(H2,21,26,27). The Kier molecular flexibility index (Phi) is 4.97. The van der Waals surface area contributed by atoms with E-state index in [4.69, 9.17) is 5.14 Å². The van der Waals surface area contributed by atoms with Crippen LogP contribution in [0, 0.1) is 12.3 Å². The molecular weight excluding hydrogens is 380 g/mol. The zero-order valence-corrected chi connectivity index (χ0v) is 17.0. The lowest BCUT2D eigenvalue weighted by Gasteiger charge is -2.30. The van der Waals surface area contributed by atoms with Gasteiger partial charge in [-0.3, -0.25) is 9.59 Å². The molecule has 0 unspecified atom stereocenters. The van der Waals surface area contributed by atoms with Crippen molar-refractivity contribution >= 4 is 21.8 Å². The summed E-state index contributed by atoms with van der Waals surface area (Å²) in [6, 6.07) is 6.41. The van der Waals surface area contributed by atoms with E-state index in [1.54, 1.807) is 29.7 Å². The summed E-state index contributed by atoms with van der Waals surface area (Å²) < 4.78 is 25.6. The SMILES string of the molecule is Cc1c(Cc2ccccc2S(N)(=O)=O)c2c(n1CC(=O)O)CC(C)(C)CC2=O. The predicted octanol–water partition coefficient (Wildman–Crippen LogP) is 2.27. The molecule has 0 amide bonds. The number of sulfonamides is 1. The van der Waals surface area contributed by atoms with Gasteiger partial charge in [-0.15, -0.1) is 0 Å². The van der Waals surface area contributed by atoms with Gasteiger partial charge in [0.15, 0.2) is 5.78 Å². The fourth-order valence-electron chi connectivity index (χ4n) is 4.09. The second kappa shape index (κ2) is 6.86. The van der Waals surface area contributed by atoms with Gasteiger partial charge in [0, 0.05) is 29.8 Å². The molecule has 7 nitrogen and oxygen atoms in total. The van der Waals surface area contributed by atoms with Crippen molar-refractivity contribution in [1.29, 1.82) is 0 Å². The van der Waals surface area contributed by atoms with Gasteiger partial charge in [0.2, 0.25) is 10.0 Å². The monoisotopic (exact) mass is 404 g/mol. The summed E-state index contributed by atoms with van der Waals surface area (Å²) in [4.78, 5) is 24.4.